The molecule has 2 aromatic heterocycles. The minimum absolute atomic E-state index is 0.290. The highest BCUT2D eigenvalue weighted by molar-refractivity contribution is 7.20. The maximum atomic E-state index is 12.3. The summed E-state index contributed by atoms with van der Waals surface area (Å²) in [5.41, 5.74) is 0.895. The fourth-order valence-corrected chi connectivity index (χ4v) is 4.80. The lowest BCUT2D eigenvalue weighted by atomic mass is 10.0. The van der Waals surface area contributed by atoms with E-state index in [9.17, 15) is 4.79 Å². The van der Waals surface area contributed by atoms with Gasteiger partial charge in [-0.2, -0.15) is 0 Å². The van der Waals surface area contributed by atoms with Crippen LogP contribution in [0.2, 0.25) is 0 Å². The molecule has 4 rings (SSSR count). The Bertz CT molecular complexity index is 835. The van der Waals surface area contributed by atoms with Crippen molar-refractivity contribution >= 4 is 33.3 Å². The molecule has 7 nitrogen and oxygen atoms in total. The number of thiophene rings is 1. The third kappa shape index (κ3) is 2.95. The molecule has 2 saturated heterocycles. The number of rotatable bonds is 3. The Morgan fingerprint density at radius 2 is 1.92 bits per heavy atom. The fourth-order valence-electron chi connectivity index (χ4n) is 3.69. The molecule has 0 N–H and O–H groups in total. The van der Waals surface area contributed by atoms with Crippen LogP contribution in [0.4, 0.5) is 5.82 Å². The molecule has 2 aliphatic heterocycles. The van der Waals surface area contributed by atoms with Crippen LogP contribution in [-0.4, -0.2) is 54.6 Å². The zero-order valence-electron chi connectivity index (χ0n) is 15.3. The molecule has 140 valence electrons. The number of fused-ring (bicyclic) bond motifs is 1. The second-order valence-electron chi connectivity index (χ2n) is 6.65. The van der Waals surface area contributed by atoms with Gasteiger partial charge in [-0.3, -0.25) is 0 Å². The molecule has 26 heavy (non-hydrogen) atoms. The van der Waals surface area contributed by atoms with E-state index in [4.69, 9.17) is 19.2 Å². The number of piperidine rings is 1. The summed E-state index contributed by atoms with van der Waals surface area (Å²) in [4.78, 5) is 25.2. The van der Waals surface area contributed by atoms with E-state index in [1.807, 2.05) is 20.8 Å². The number of anilines is 1. The summed E-state index contributed by atoms with van der Waals surface area (Å²) >= 11 is 1.38. The van der Waals surface area contributed by atoms with E-state index in [2.05, 4.69) is 9.88 Å². The first kappa shape index (κ1) is 17.6. The number of esters is 1. The molecule has 0 aromatic carbocycles. The highest BCUT2D eigenvalue weighted by Crippen LogP contribution is 2.39. The lowest BCUT2D eigenvalue weighted by Gasteiger charge is -2.38. The predicted octanol–water partition coefficient (Wildman–Crippen LogP) is 2.83. The molecule has 0 unspecified atom stereocenters. The molecule has 2 fully saturated rings. The minimum Gasteiger partial charge on any atom is -0.462 e. The van der Waals surface area contributed by atoms with Crippen LogP contribution in [0, 0.1) is 13.8 Å². The maximum absolute atomic E-state index is 12.3. The molecule has 0 aliphatic carbocycles. The van der Waals surface area contributed by atoms with Crippen LogP contribution in [0.5, 0.6) is 0 Å². The molecule has 0 bridgehead atoms. The van der Waals surface area contributed by atoms with Crippen LogP contribution in [0.15, 0.2) is 0 Å². The summed E-state index contributed by atoms with van der Waals surface area (Å²) in [6, 6.07) is 0. The zero-order valence-corrected chi connectivity index (χ0v) is 16.1. The van der Waals surface area contributed by atoms with Gasteiger partial charge < -0.3 is 19.1 Å². The van der Waals surface area contributed by atoms with Crippen LogP contribution in [0.1, 0.15) is 40.8 Å². The number of carbonyl (C=O) groups is 1. The van der Waals surface area contributed by atoms with Gasteiger partial charge in [-0.05, 0) is 26.3 Å². The van der Waals surface area contributed by atoms with E-state index >= 15 is 0 Å². The lowest BCUT2D eigenvalue weighted by molar-refractivity contribution is -0.169. The van der Waals surface area contributed by atoms with E-state index in [1.165, 1.54) is 11.3 Å². The summed E-state index contributed by atoms with van der Waals surface area (Å²) in [6.07, 6.45) is 1.62. The molecular formula is C18H23N3O4S. The summed E-state index contributed by atoms with van der Waals surface area (Å²) < 4.78 is 16.8. The van der Waals surface area contributed by atoms with Crippen molar-refractivity contribution in [1.29, 1.82) is 0 Å². The van der Waals surface area contributed by atoms with Crippen molar-refractivity contribution in [3.63, 3.8) is 0 Å². The fraction of sp³-hybridized carbons (Fsp3) is 0.611. The maximum Gasteiger partial charge on any atom is 0.348 e. The van der Waals surface area contributed by atoms with Crippen molar-refractivity contribution in [3.8, 4) is 0 Å². The van der Waals surface area contributed by atoms with Crippen LogP contribution in [0.25, 0.3) is 10.2 Å². The van der Waals surface area contributed by atoms with Crippen LogP contribution < -0.4 is 4.90 Å². The number of hydrogen-bond acceptors (Lipinski definition) is 8. The van der Waals surface area contributed by atoms with Gasteiger partial charge in [0.05, 0.1) is 25.2 Å². The predicted molar refractivity (Wildman–Crippen MR) is 98.9 cm³/mol. The van der Waals surface area contributed by atoms with Crippen molar-refractivity contribution in [2.24, 2.45) is 0 Å². The van der Waals surface area contributed by atoms with Crippen LogP contribution in [-0.2, 0) is 14.2 Å². The van der Waals surface area contributed by atoms with E-state index in [0.717, 1.165) is 47.5 Å². The molecule has 0 atom stereocenters. The van der Waals surface area contributed by atoms with E-state index < -0.39 is 5.79 Å². The molecule has 1 spiro atoms. The zero-order chi connectivity index (χ0) is 18.3. The Kier molecular flexibility index (Phi) is 4.58. The average Bonchev–Trinajstić information content (AvgIpc) is 3.20. The monoisotopic (exact) mass is 377 g/mol. The van der Waals surface area contributed by atoms with Gasteiger partial charge in [0.2, 0.25) is 0 Å². The molecule has 4 heterocycles. The van der Waals surface area contributed by atoms with Crippen molar-refractivity contribution in [3.05, 3.63) is 16.3 Å². The van der Waals surface area contributed by atoms with Crippen molar-refractivity contribution < 1.29 is 19.0 Å². The molecule has 0 radical (unpaired) electrons. The number of nitrogens with zero attached hydrogens (tertiary/aromatic N) is 3. The Morgan fingerprint density at radius 3 is 2.58 bits per heavy atom. The topological polar surface area (TPSA) is 73.8 Å². The van der Waals surface area contributed by atoms with Crippen molar-refractivity contribution in [1.82, 2.24) is 9.97 Å². The van der Waals surface area contributed by atoms with E-state index in [1.54, 1.807) is 0 Å². The smallest absolute Gasteiger partial charge is 0.348 e. The third-order valence-corrected chi connectivity index (χ3v) is 6.15. The van der Waals surface area contributed by atoms with Crippen molar-refractivity contribution in [2.45, 2.75) is 39.4 Å². The van der Waals surface area contributed by atoms with Gasteiger partial charge in [0.25, 0.3) is 0 Å². The van der Waals surface area contributed by atoms with Gasteiger partial charge in [0, 0.05) is 25.9 Å². The number of hydrogen-bond donors (Lipinski definition) is 0. The van der Waals surface area contributed by atoms with E-state index in [0.29, 0.717) is 30.5 Å². The Morgan fingerprint density at radius 1 is 1.23 bits per heavy atom. The highest BCUT2D eigenvalue weighted by atomic mass is 32.1. The quantitative estimate of drug-likeness (QED) is 0.762. The molecule has 0 amide bonds. The van der Waals surface area contributed by atoms with Gasteiger partial charge in [-0.15, -0.1) is 11.3 Å². The SMILES string of the molecule is CCOC(=O)c1sc2nc(C)nc(N3CCC4(CC3)OCCO4)c2c1C. The first-order valence-electron chi connectivity index (χ1n) is 9.01. The molecular weight excluding hydrogens is 354 g/mol. The highest BCUT2D eigenvalue weighted by Gasteiger charge is 2.40. The van der Waals surface area contributed by atoms with Crippen LogP contribution in [0.3, 0.4) is 0 Å². The third-order valence-electron chi connectivity index (χ3n) is 4.98. The summed E-state index contributed by atoms with van der Waals surface area (Å²) in [7, 11) is 0. The second kappa shape index (κ2) is 6.75. The molecule has 8 heteroatoms. The molecule has 0 saturated carbocycles. The molecule has 2 aliphatic rings. The minimum atomic E-state index is -0.419. The Labute approximate surface area is 156 Å². The van der Waals surface area contributed by atoms with Gasteiger partial charge >= 0.3 is 5.97 Å². The van der Waals surface area contributed by atoms with Gasteiger partial charge in [0.15, 0.2) is 5.79 Å². The number of aromatic nitrogens is 2. The summed E-state index contributed by atoms with van der Waals surface area (Å²) in [5.74, 6) is 0.890. The first-order valence-corrected chi connectivity index (χ1v) is 9.82. The Balaban J connectivity index is 1.69. The Hall–Kier alpha value is -1.77. The van der Waals surface area contributed by atoms with Crippen LogP contribution >= 0.6 is 11.3 Å². The second-order valence-corrected chi connectivity index (χ2v) is 7.64. The summed E-state index contributed by atoms with van der Waals surface area (Å²) in [5, 5.41) is 0.952. The average molecular weight is 377 g/mol. The van der Waals surface area contributed by atoms with Gasteiger partial charge in [-0.25, -0.2) is 14.8 Å². The molecule has 2 aromatic rings. The number of aryl methyl sites for hydroxylation is 2. The van der Waals surface area contributed by atoms with Crippen molar-refractivity contribution in [2.75, 3.05) is 37.8 Å². The standard InChI is InChI=1S/C18H23N3O4S/c1-4-23-17(22)14-11(2)13-15(19-12(3)20-16(13)26-14)21-7-5-18(6-8-21)24-9-10-25-18/h4-10H2,1-3H3. The summed E-state index contributed by atoms with van der Waals surface area (Å²) in [6.45, 7) is 8.95. The normalized spacial score (nSPS) is 19.4. The van der Waals surface area contributed by atoms with E-state index in [-0.39, 0.29) is 5.97 Å². The first-order chi connectivity index (χ1) is 12.5. The largest absolute Gasteiger partial charge is 0.462 e. The van der Waals surface area contributed by atoms with Gasteiger partial charge in [0.1, 0.15) is 21.3 Å². The lowest BCUT2D eigenvalue weighted by Crippen LogP contribution is -2.45. The van der Waals surface area contributed by atoms with Gasteiger partial charge in [-0.1, -0.05) is 0 Å². The number of ether oxygens (including phenoxy) is 3. The number of carbonyl (C=O) groups excluding carboxylic acids is 1.